The lowest BCUT2D eigenvalue weighted by atomic mass is 9.86. The molecule has 27 heavy (non-hydrogen) atoms. The van der Waals surface area contributed by atoms with Crippen LogP contribution in [0.1, 0.15) is 61.9 Å². The van der Waals surface area contributed by atoms with Crippen molar-refractivity contribution in [3.63, 3.8) is 0 Å². The van der Waals surface area contributed by atoms with Crippen molar-refractivity contribution >= 4 is 10.9 Å². The third kappa shape index (κ3) is 3.41. The fourth-order valence-corrected chi connectivity index (χ4v) is 4.76. The van der Waals surface area contributed by atoms with Gasteiger partial charge >= 0.3 is 0 Å². The first-order valence-corrected chi connectivity index (χ1v) is 10.1. The van der Waals surface area contributed by atoms with Crippen molar-refractivity contribution in [2.75, 3.05) is 0 Å². The van der Waals surface area contributed by atoms with Crippen LogP contribution in [0.5, 0.6) is 0 Å². The van der Waals surface area contributed by atoms with Gasteiger partial charge in [-0.3, -0.25) is 4.68 Å². The molecular formula is C24H32N2O. The van der Waals surface area contributed by atoms with Crippen LogP contribution in [0.25, 0.3) is 22.0 Å². The molecule has 144 valence electrons. The van der Waals surface area contributed by atoms with Crippen molar-refractivity contribution in [2.45, 2.75) is 65.9 Å². The van der Waals surface area contributed by atoms with Gasteiger partial charge in [0.05, 0.1) is 5.69 Å². The predicted molar refractivity (Wildman–Crippen MR) is 114 cm³/mol. The number of aromatic nitrogens is 2. The van der Waals surface area contributed by atoms with E-state index in [9.17, 15) is 5.11 Å². The molecule has 3 nitrogen and oxygen atoms in total. The maximum Gasteiger partial charge on any atom is 0.107 e. The Morgan fingerprint density at radius 1 is 1.00 bits per heavy atom. The zero-order valence-electron chi connectivity index (χ0n) is 17.6. The van der Waals surface area contributed by atoms with Gasteiger partial charge in [0, 0.05) is 18.0 Å². The van der Waals surface area contributed by atoms with E-state index >= 15 is 0 Å². The lowest BCUT2D eigenvalue weighted by molar-refractivity contribution is 0.0106. The van der Waals surface area contributed by atoms with Gasteiger partial charge in [-0.2, -0.15) is 5.10 Å². The van der Waals surface area contributed by atoms with Crippen molar-refractivity contribution < 1.29 is 5.11 Å². The van der Waals surface area contributed by atoms with Crippen LogP contribution in [0.3, 0.4) is 0 Å². The number of rotatable bonds is 6. The molecule has 0 bridgehead atoms. The highest BCUT2D eigenvalue weighted by Gasteiger charge is 2.33. The summed E-state index contributed by atoms with van der Waals surface area (Å²) in [6.45, 7) is 10.7. The Morgan fingerprint density at radius 2 is 1.59 bits per heavy atom. The predicted octanol–water partition coefficient (Wildman–Crippen LogP) is 5.95. The zero-order valence-corrected chi connectivity index (χ0v) is 17.6. The second kappa shape index (κ2) is 7.47. The largest absolute Gasteiger partial charge is 0.384 e. The highest BCUT2D eigenvalue weighted by molar-refractivity contribution is 5.97. The van der Waals surface area contributed by atoms with Crippen LogP contribution >= 0.6 is 0 Å². The SMILES string of the molecule is CCCC(O)(CCC)c1c2cccc(-c3c(C)cc(C)cc3C)c2nn1C. The first-order valence-electron chi connectivity index (χ1n) is 10.1. The Labute approximate surface area is 163 Å². The van der Waals surface area contributed by atoms with Gasteiger partial charge in [-0.25, -0.2) is 0 Å². The Kier molecular flexibility index (Phi) is 5.43. The molecule has 1 N–H and O–H groups in total. The van der Waals surface area contributed by atoms with Gasteiger partial charge in [0.2, 0.25) is 0 Å². The topological polar surface area (TPSA) is 38.1 Å². The maximum atomic E-state index is 11.5. The summed E-state index contributed by atoms with van der Waals surface area (Å²) in [6, 6.07) is 10.8. The van der Waals surface area contributed by atoms with E-state index in [4.69, 9.17) is 5.10 Å². The summed E-state index contributed by atoms with van der Waals surface area (Å²) in [7, 11) is 1.96. The van der Waals surface area contributed by atoms with Crippen molar-refractivity contribution in [3.8, 4) is 11.1 Å². The Morgan fingerprint density at radius 3 is 2.15 bits per heavy atom. The minimum absolute atomic E-state index is 0.752. The molecule has 2 aromatic carbocycles. The van der Waals surface area contributed by atoms with Crippen LogP contribution in [0.15, 0.2) is 30.3 Å². The molecule has 1 aromatic heterocycles. The van der Waals surface area contributed by atoms with E-state index in [1.54, 1.807) is 0 Å². The standard InChI is InChI=1S/C24H32N2O/c1-7-12-24(27,13-8-2)23-20-11-9-10-19(22(20)25-26(23)6)21-17(4)14-16(3)15-18(21)5/h9-11,14-15,27H,7-8,12-13H2,1-6H3. The van der Waals surface area contributed by atoms with E-state index in [0.717, 1.165) is 47.8 Å². The summed E-state index contributed by atoms with van der Waals surface area (Å²) >= 11 is 0. The Bertz CT molecular complexity index is 939. The molecule has 0 aliphatic carbocycles. The summed E-state index contributed by atoms with van der Waals surface area (Å²) in [5, 5.41) is 17.4. The van der Waals surface area contributed by atoms with E-state index in [0.29, 0.717) is 0 Å². The average Bonchev–Trinajstić information content (AvgIpc) is 2.91. The molecule has 3 aromatic rings. The molecule has 0 amide bonds. The molecule has 0 spiro atoms. The Balaban J connectivity index is 2.29. The third-order valence-electron chi connectivity index (χ3n) is 5.58. The second-order valence-corrected chi connectivity index (χ2v) is 7.98. The van der Waals surface area contributed by atoms with E-state index in [1.165, 1.54) is 22.3 Å². The van der Waals surface area contributed by atoms with Crippen molar-refractivity contribution in [1.82, 2.24) is 9.78 Å². The third-order valence-corrected chi connectivity index (χ3v) is 5.58. The van der Waals surface area contributed by atoms with Gasteiger partial charge in [-0.05, 0) is 50.3 Å². The first-order chi connectivity index (χ1) is 12.8. The first kappa shape index (κ1) is 19.6. The number of fused-ring (bicyclic) bond motifs is 1. The normalized spacial score (nSPS) is 12.1. The molecule has 0 unspecified atom stereocenters. The molecule has 0 aliphatic rings. The maximum absolute atomic E-state index is 11.5. The van der Waals surface area contributed by atoms with E-state index in [1.807, 2.05) is 11.7 Å². The minimum atomic E-state index is -0.830. The van der Waals surface area contributed by atoms with Crippen LogP contribution in [-0.4, -0.2) is 14.9 Å². The van der Waals surface area contributed by atoms with Crippen molar-refractivity contribution in [2.24, 2.45) is 7.05 Å². The molecule has 0 saturated carbocycles. The number of benzene rings is 2. The molecule has 0 atom stereocenters. The molecule has 0 fully saturated rings. The highest BCUT2D eigenvalue weighted by atomic mass is 16.3. The minimum Gasteiger partial charge on any atom is -0.384 e. The van der Waals surface area contributed by atoms with Crippen molar-refractivity contribution in [3.05, 3.63) is 52.7 Å². The van der Waals surface area contributed by atoms with Crippen molar-refractivity contribution in [1.29, 1.82) is 0 Å². The van der Waals surface area contributed by atoms with Crippen LogP contribution in [0.2, 0.25) is 0 Å². The number of aliphatic hydroxyl groups is 1. The van der Waals surface area contributed by atoms with Gasteiger partial charge in [0.15, 0.2) is 0 Å². The van der Waals surface area contributed by atoms with Crippen LogP contribution in [-0.2, 0) is 12.6 Å². The average molecular weight is 365 g/mol. The molecule has 0 aliphatic heterocycles. The quantitative estimate of drug-likeness (QED) is 0.586. The molecule has 3 rings (SSSR count). The van der Waals surface area contributed by atoms with Gasteiger partial charge in [0.1, 0.15) is 11.1 Å². The molecule has 0 radical (unpaired) electrons. The van der Waals surface area contributed by atoms with Crippen LogP contribution < -0.4 is 0 Å². The van der Waals surface area contributed by atoms with Gasteiger partial charge < -0.3 is 5.11 Å². The van der Waals surface area contributed by atoms with E-state index < -0.39 is 5.60 Å². The number of nitrogens with zero attached hydrogens (tertiary/aromatic N) is 2. The van der Waals surface area contributed by atoms with Gasteiger partial charge in [-0.1, -0.05) is 62.6 Å². The fraction of sp³-hybridized carbons (Fsp3) is 0.458. The molecule has 1 heterocycles. The summed E-state index contributed by atoms with van der Waals surface area (Å²) < 4.78 is 1.90. The smallest absolute Gasteiger partial charge is 0.107 e. The molecule has 3 heteroatoms. The summed E-state index contributed by atoms with van der Waals surface area (Å²) in [4.78, 5) is 0. The fourth-order valence-electron chi connectivity index (χ4n) is 4.76. The van der Waals surface area contributed by atoms with E-state index in [-0.39, 0.29) is 0 Å². The highest BCUT2D eigenvalue weighted by Crippen LogP contribution is 2.40. The number of hydrogen-bond acceptors (Lipinski definition) is 2. The Hall–Kier alpha value is -2.13. The van der Waals surface area contributed by atoms with Crippen LogP contribution in [0, 0.1) is 20.8 Å². The lowest BCUT2D eigenvalue weighted by Gasteiger charge is -2.28. The number of hydrogen-bond donors (Lipinski definition) is 1. The van der Waals surface area contributed by atoms with Gasteiger partial charge in [0.25, 0.3) is 0 Å². The summed E-state index contributed by atoms with van der Waals surface area (Å²) in [6.07, 6.45) is 3.39. The molecular weight excluding hydrogens is 332 g/mol. The lowest BCUT2D eigenvalue weighted by Crippen LogP contribution is -2.28. The summed E-state index contributed by atoms with van der Waals surface area (Å²) in [5.74, 6) is 0. The monoisotopic (exact) mass is 364 g/mol. The van der Waals surface area contributed by atoms with Gasteiger partial charge in [-0.15, -0.1) is 0 Å². The molecule has 0 saturated heterocycles. The van der Waals surface area contributed by atoms with Crippen LogP contribution in [0.4, 0.5) is 0 Å². The van der Waals surface area contributed by atoms with E-state index in [2.05, 4.69) is 65.0 Å². The second-order valence-electron chi connectivity index (χ2n) is 7.98. The number of aryl methyl sites for hydroxylation is 4. The zero-order chi connectivity index (χ0) is 19.8. The summed E-state index contributed by atoms with van der Waals surface area (Å²) in [5.41, 5.74) is 7.33.